The molecule has 39 heavy (non-hydrogen) atoms. The molecule has 4 heterocycles. The number of ether oxygens (including phenoxy) is 1. The molecule has 204 valence electrons. The third-order valence-electron chi connectivity index (χ3n) is 7.28. The fraction of sp³-hybridized carbons (Fsp3) is 0.400. The molecule has 0 saturated heterocycles. The SMILES string of the molecule is CC(C)(C)OC(=O)c1c(NC(=O)NCc2c(-c3ccc4cc[nH]c4c3)sc3c2CCNC3)sc2c1CCCC2. The predicted octanol–water partition coefficient (Wildman–Crippen LogP) is 6.76. The van der Waals surface area contributed by atoms with Crippen molar-refractivity contribution >= 4 is 50.6 Å². The molecule has 0 fully saturated rings. The minimum Gasteiger partial charge on any atom is -0.456 e. The van der Waals surface area contributed by atoms with Crippen LogP contribution < -0.4 is 16.0 Å². The smallest absolute Gasteiger partial charge is 0.341 e. The van der Waals surface area contributed by atoms with Crippen molar-refractivity contribution in [1.29, 1.82) is 0 Å². The van der Waals surface area contributed by atoms with E-state index in [1.165, 1.54) is 42.5 Å². The van der Waals surface area contributed by atoms with Crippen molar-refractivity contribution in [2.75, 3.05) is 11.9 Å². The second kappa shape index (κ2) is 10.4. The van der Waals surface area contributed by atoms with Crippen molar-refractivity contribution in [3.05, 3.63) is 62.5 Å². The first-order valence-electron chi connectivity index (χ1n) is 13.6. The number of hydrogen-bond donors (Lipinski definition) is 4. The Morgan fingerprint density at radius 3 is 2.72 bits per heavy atom. The Hall–Kier alpha value is -3.14. The second-order valence-corrected chi connectivity index (χ2v) is 13.5. The number of esters is 1. The summed E-state index contributed by atoms with van der Waals surface area (Å²) in [6.45, 7) is 7.80. The lowest BCUT2D eigenvalue weighted by molar-refractivity contribution is 0.00699. The van der Waals surface area contributed by atoms with Gasteiger partial charge in [-0.05, 0) is 99.2 Å². The molecule has 3 aromatic heterocycles. The summed E-state index contributed by atoms with van der Waals surface area (Å²) in [5, 5.41) is 11.4. The molecule has 0 radical (unpaired) electrons. The van der Waals surface area contributed by atoms with Crippen LogP contribution in [0.25, 0.3) is 21.3 Å². The number of thiophene rings is 2. The zero-order valence-corrected chi connectivity index (χ0v) is 24.2. The normalized spacial score (nSPS) is 15.1. The van der Waals surface area contributed by atoms with E-state index >= 15 is 0 Å². The Bertz CT molecular complexity index is 1560. The van der Waals surface area contributed by atoms with Crippen molar-refractivity contribution in [2.24, 2.45) is 0 Å². The van der Waals surface area contributed by atoms with Gasteiger partial charge in [-0.3, -0.25) is 5.32 Å². The molecule has 0 atom stereocenters. The van der Waals surface area contributed by atoms with Crippen LogP contribution in [-0.4, -0.2) is 29.1 Å². The van der Waals surface area contributed by atoms with Crippen LogP contribution in [0.1, 0.15) is 70.4 Å². The molecule has 4 aromatic rings. The van der Waals surface area contributed by atoms with E-state index in [9.17, 15) is 9.59 Å². The number of aromatic amines is 1. The Labute approximate surface area is 236 Å². The first kappa shape index (κ1) is 26.1. The quantitative estimate of drug-likeness (QED) is 0.202. The van der Waals surface area contributed by atoms with Gasteiger partial charge >= 0.3 is 12.0 Å². The van der Waals surface area contributed by atoms with E-state index < -0.39 is 5.60 Å². The standard InChI is InChI=1S/C30H34N4O3S2/c1-30(2,3)37-28(35)25-20-6-4-5-7-23(20)39-27(25)34-29(36)33-15-21-19-11-12-31-16-24(19)38-26(21)18-9-8-17-10-13-32-22(17)14-18/h8-10,13-14,31-32H,4-7,11-12,15-16H2,1-3H3,(H2,33,34,36). The lowest BCUT2D eigenvalue weighted by atomic mass is 9.95. The molecule has 9 heteroatoms. The topological polar surface area (TPSA) is 95.2 Å². The number of hydrogen-bond acceptors (Lipinski definition) is 6. The monoisotopic (exact) mass is 562 g/mol. The van der Waals surface area contributed by atoms with Crippen molar-refractivity contribution in [2.45, 2.75) is 71.6 Å². The Morgan fingerprint density at radius 2 is 1.87 bits per heavy atom. The molecule has 1 aliphatic carbocycles. The van der Waals surface area contributed by atoms with Gasteiger partial charge in [0, 0.05) is 39.4 Å². The maximum absolute atomic E-state index is 13.3. The van der Waals surface area contributed by atoms with Crippen LogP contribution in [0.3, 0.4) is 0 Å². The summed E-state index contributed by atoms with van der Waals surface area (Å²) in [6.07, 6.45) is 6.81. The van der Waals surface area contributed by atoms with Crippen molar-refractivity contribution in [3.63, 3.8) is 0 Å². The Morgan fingerprint density at radius 1 is 1.03 bits per heavy atom. The van der Waals surface area contributed by atoms with Gasteiger partial charge in [0.1, 0.15) is 10.6 Å². The van der Waals surface area contributed by atoms with Gasteiger partial charge in [0.2, 0.25) is 0 Å². The lowest BCUT2D eigenvalue weighted by Crippen LogP contribution is -2.30. The predicted molar refractivity (Wildman–Crippen MR) is 159 cm³/mol. The number of rotatable bonds is 5. The summed E-state index contributed by atoms with van der Waals surface area (Å²) in [5.74, 6) is -0.362. The van der Waals surface area contributed by atoms with Crippen LogP contribution in [0.5, 0.6) is 0 Å². The van der Waals surface area contributed by atoms with Gasteiger partial charge in [-0.1, -0.05) is 12.1 Å². The van der Waals surface area contributed by atoms with E-state index in [0.717, 1.165) is 61.8 Å². The highest BCUT2D eigenvalue weighted by Crippen LogP contribution is 2.40. The number of amides is 2. The van der Waals surface area contributed by atoms with Crippen LogP contribution in [-0.2, 0) is 37.1 Å². The van der Waals surface area contributed by atoms with Crippen LogP contribution in [0.4, 0.5) is 9.80 Å². The largest absolute Gasteiger partial charge is 0.456 e. The van der Waals surface area contributed by atoms with Crippen LogP contribution >= 0.6 is 22.7 Å². The van der Waals surface area contributed by atoms with Gasteiger partial charge in [-0.2, -0.15) is 0 Å². The average Bonchev–Trinajstić information content (AvgIpc) is 3.60. The van der Waals surface area contributed by atoms with Gasteiger partial charge in [-0.15, -0.1) is 22.7 Å². The maximum Gasteiger partial charge on any atom is 0.341 e. The van der Waals surface area contributed by atoms with Crippen molar-refractivity contribution in [1.82, 2.24) is 15.6 Å². The summed E-state index contributed by atoms with van der Waals surface area (Å²) >= 11 is 3.31. The van der Waals surface area contributed by atoms with Gasteiger partial charge in [0.25, 0.3) is 0 Å². The highest BCUT2D eigenvalue weighted by atomic mass is 32.1. The molecule has 2 amide bonds. The zero-order chi connectivity index (χ0) is 27.1. The summed E-state index contributed by atoms with van der Waals surface area (Å²) in [4.78, 5) is 33.5. The molecule has 1 aliphatic heterocycles. The average molecular weight is 563 g/mol. The third kappa shape index (κ3) is 5.35. The van der Waals surface area contributed by atoms with Crippen molar-refractivity contribution < 1.29 is 14.3 Å². The minimum atomic E-state index is -0.605. The molecule has 0 spiro atoms. The fourth-order valence-corrected chi connectivity index (χ4v) is 8.13. The van der Waals surface area contributed by atoms with E-state index in [2.05, 4.69) is 45.2 Å². The molecular weight excluding hydrogens is 528 g/mol. The van der Waals surface area contributed by atoms with Crippen LogP contribution in [0, 0.1) is 0 Å². The highest BCUT2D eigenvalue weighted by molar-refractivity contribution is 7.17. The first-order valence-corrected chi connectivity index (χ1v) is 15.2. The number of carbonyl (C=O) groups excluding carboxylic acids is 2. The number of nitrogens with one attached hydrogen (secondary N) is 4. The van der Waals surface area contributed by atoms with Crippen molar-refractivity contribution in [3.8, 4) is 10.4 Å². The van der Waals surface area contributed by atoms with E-state index in [1.54, 1.807) is 11.3 Å². The molecule has 6 rings (SSSR count). The fourth-order valence-electron chi connectivity index (χ4n) is 5.52. The Balaban J connectivity index is 1.25. The summed E-state index contributed by atoms with van der Waals surface area (Å²) in [5.41, 5.74) is 5.73. The number of carbonyl (C=O) groups is 2. The van der Waals surface area contributed by atoms with Gasteiger partial charge in [0.15, 0.2) is 0 Å². The number of aryl methyl sites for hydroxylation is 1. The summed E-state index contributed by atoms with van der Waals surface area (Å²) in [7, 11) is 0. The molecule has 0 saturated carbocycles. The number of urea groups is 1. The summed E-state index contributed by atoms with van der Waals surface area (Å²) in [6, 6.07) is 8.25. The number of anilines is 1. The first-order chi connectivity index (χ1) is 18.8. The second-order valence-electron chi connectivity index (χ2n) is 11.2. The molecule has 4 N–H and O–H groups in total. The van der Waals surface area contributed by atoms with Crippen LogP contribution in [0.2, 0.25) is 0 Å². The molecule has 7 nitrogen and oxygen atoms in total. The molecular formula is C30H34N4O3S2. The molecule has 0 bridgehead atoms. The summed E-state index contributed by atoms with van der Waals surface area (Å²) < 4.78 is 5.73. The maximum atomic E-state index is 13.3. The van der Waals surface area contributed by atoms with E-state index in [1.807, 2.05) is 27.0 Å². The number of fused-ring (bicyclic) bond motifs is 3. The van der Waals surface area contributed by atoms with E-state index in [-0.39, 0.29) is 12.0 Å². The number of benzene rings is 1. The number of H-pyrrole nitrogens is 1. The number of aromatic nitrogens is 1. The molecule has 1 aromatic carbocycles. The Kier molecular flexibility index (Phi) is 6.99. The third-order valence-corrected chi connectivity index (χ3v) is 9.81. The zero-order valence-electron chi connectivity index (χ0n) is 22.6. The minimum absolute atomic E-state index is 0.307. The van der Waals surface area contributed by atoms with E-state index in [4.69, 9.17) is 4.74 Å². The lowest BCUT2D eigenvalue weighted by Gasteiger charge is -2.21. The van der Waals surface area contributed by atoms with E-state index in [0.29, 0.717) is 17.1 Å². The van der Waals surface area contributed by atoms with Gasteiger partial charge < -0.3 is 20.4 Å². The highest BCUT2D eigenvalue weighted by Gasteiger charge is 2.30. The van der Waals surface area contributed by atoms with Gasteiger partial charge in [-0.25, -0.2) is 9.59 Å². The molecule has 0 unspecified atom stereocenters. The van der Waals surface area contributed by atoms with Gasteiger partial charge in [0.05, 0.1) is 5.56 Å². The van der Waals surface area contributed by atoms with Crippen LogP contribution in [0.15, 0.2) is 30.5 Å². The molecule has 2 aliphatic rings.